The molecule has 1 heterocycles. The number of hydrogen-bond acceptors (Lipinski definition) is 2. The van der Waals surface area contributed by atoms with Crippen LogP contribution in [-0.4, -0.2) is 11.2 Å². The van der Waals surface area contributed by atoms with Gasteiger partial charge in [0.25, 0.3) is 0 Å². The first-order valence-corrected chi connectivity index (χ1v) is 5.13. The molecule has 0 amide bonds. The Morgan fingerprint density at radius 1 is 1.44 bits per heavy atom. The van der Waals surface area contributed by atoms with Crippen molar-refractivity contribution in [2.24, 2.45) is 5.73 Å². The maximum Gasteiger partial charge on any atom is 0.389 e. The van der Waals surface area contributed by atoms with E-state index in [1.165, 1.54) is 0 Å². The van der Waals surface area contributed by atoms with Crippen LogP contribution in [-0.2, 0) is 0 Å². The van der Waals surface area contributed by atoms with Gasteiger partial charge in [-0.25, -0.2) is 0 Å². The van der Waals surface area contributed by atoms with E-state index >= 15 is 0 Å². The zero-order valence-corrected chi connectivity index (χ0v) is 9.09. The minimum atomic E-state index is -4.09. The van der Waals surface area contributed by atoms with Crippen LogP contribution in [0.4, 0.5) is 13.2 Å². The summed E-state index contributed by atoms with van der Waals surface area (Å²) in [6.07, 6.45) is -1.23. The normalized spacial score (nSPS) is 13.8. The minimum Gasteiger partial charge on any atom is -0.324 e. The van der Waals surface area contributed by atoms with Crippen LogP contribution in [0.5, 0.6) is 0 Å². The van der Waals surface area contributed by atoms with Crippen molar-refractivity contribution in [3.05, 3.63) is 29.6 Å². The fourth-order valence-electron chi connectivity index (χ4n) is 1.54. The molecule has 0 saturated carbocycles. The van der Waals surface area contributed by atoms with Crippen molar-refractivity contribution in [3.8, 4) is 0 Å². The molecule has 1 aromatic heterocycles. The third-order valence-corrected chi connectivity index (χ3v) is 2.45. The number of aromatic nitrogens is 1. The van der Waals surface area contributed by atoms with Gasteiger partial charge in [-0.15, -0.1) is 0 Å². The number of halogens is 3. The molecular formula is C11H15F3N2. The summed E-state index contributed by atoms with van der Waals surface area (Å²) < 4.78 is 35.8. The van der Waals surface area contributed by atoms with Gasteiger partial charge < -0.3 is 5.73 Å². The highest BCUT2D eigenvalue weighted by Gasteiger charge is 2.26. The molecule has 2 nitrogen and oxygen atoms in total. The van der Waals surface area contributed by atoms with Crippen molar-refractivity contribution in [3.63, 3.8) is 0 Å². The van der Waals surface area contributed by atoms with E-state index < -0.39 is 12.6 Å². The monoisotopic (exact) mass is 232 g/mol. The summed E-state index contributed by atoms with van der Waals surface area (Å²) in [6.45, 7) is 1.88. The van der Waals surface area contributed by atoms with Crippen LogP contribution >= 0.6 is 0 Å². The van der Waals surface area contributed by atoms with Crippen LogP contribution in [0.1, 0.15) is 36.4 Å². The molecule has 2 N–H and O–H groups in total. The predicted octanol–water partition coefficient (Wildman–Crippen LogP) is 3.12. The number of alkyl halides is 3. The minimum absolute atomic E-state index is 0.0546. The highest BCUT2D eigenvalue weighted by molar-refractivity contribution is 5.24. The summed E-state index contributed by atoms with van der Waals surface area (Å²) in [5.41, 5.74) is 7.61. The summed E-state index contributed by atoms with van der Waals surface area (Å²) in [6, 6.07) is 1.44. The van der Waals surface area contributed by atoms with Gasteiger partial charge in [-0.3, -0.25) is 4.98 Å². The predicted molar refractivity (Wildman–Crippen MR) is 55.8 cm³/mol. The molecule has 0 saturated heterocycles. The molecule has 0 spiro atoms. The van der Waals surface area contributed by atoms with Crippen LogP contribution < -0.4 is 5.73 Å². The molecule has 1 rings (SSSR count). The van der Waals surface area contributed by atoms with Crippen LogP contribution in [0.3, 0.4) is 0 Å². The largest absolute Gasteiger partial charge is 0.389 e. The van der Waals surface area contributed by atoms with E-state index in [1.807, 2.05) is 6.92 Å². The highest BCUT2D eigenvalue weighted by atomic mass is 19.4. The molecule has 0 radical (unpaired) electrons. The molecule has 1 atom stereocenters. The first-order valence-electron chi connectivity index (χ1n) is 5.13. The fraction of sp³-hybridized carbons (Fsp3) is 0.545. The number of pyridine rings is 1. The number of aryl methyl sites for hydroxylation is 1. The van der Waals surface area contributed by atoms with Gasteiger partial charge in [0.15, 0.2) is 0 Å². The number of hydrogen-bond donors (Lipinski definition) is 1. The molecule has 0 bridgehead atoms. The molecular weight excluding hydrogens is 217 g/mol. The summed E-state index contributed by atoms with van der Waals surface area (Å²) >= 11 is 0. The zero-order chi connectivity index (χ0) is 12.2. The first kappa shape index (κ1) is 13.0. The van der Waals surface area contributed by atoms with Crippen molar-refractivity contribution in [2.75, 3.05) is 0 Å². The molecule has 0 fully saturated rings. The first-order chi connectivity index (χ1) is 7.40. The summed E-state index contributed by atoms with van der Waals surface area (Å²) in [7, 11) is 0. The van der Waals surface area contributed by atoms with Gasteiger partial charge in [-0.05, 0) is 37.0 Å². The Morgan fingerprint density at radius 2 is 2.12 bits per heavy atom. The van der Waals surface area contributed by atoms with Crippen LogP contribution in [0, 0.1) is 6.92 Å². The van der Waals surface area contributed by atoms with Crippen molar-refractivity contribution < 1.29 is 13.2 Å². The van der Waals surface area contributed by atoms with E-state index in [2.05, 4.69) is 4.98 Å². The third kappa shape index (κ3) is 4.18. The molecule has 16 heavy (non-hydrogen) atoms. The quantitative estimate of drug-likeness (QED) is 0.866. The van der Waals surface area contributed by atoms with Gasteiger partial charge in [-0.2, -0.15) is 13.2 Å². The van der Waals surface area contributed by atoms with E-state index in [0.717, 1.165) is 11.1 Å². The average Bonchev–Trinajstić information content (AvgIpc) is 2.16. The summed E-state index contributed by atoms with van der Waals surface area (Å²) in [4.78, 5) is 3.92. The van der Waals surface area contributed by atoms with Gasteiger partial charge in [0.1, 0.15) is 0 Å². The summed E-state index contributed by atoms with van der Waals surface area (Å²) in [5.74, 6) is 0. The Hall–Kier alpha value is -1.10. The average molecular weight is 232 g/mol. The highest BCUT2D eigenvalue weighted by Crippen LogP contribution is 2.25. The van der Waals surface area contributed by atoms with Gasteiger partial charge in [0.2, 0.25) is 0 Å². The third-order valence-electron chi connectivity index (χ3n) is 2.45. The Labute approximate surface area is 92.7 Å². The molecule has 5 heteroatoms. The zero-order valence-electron chi connectivity index (χ0n) is 9.09. The Balaban J connectivity index is 2.47. The number of nitrogens with zero attached hydrogens (tertiary/aromatic N) is 1. The standard InChI is InChI=1S/C11H15F3N2/c1-8-4-6-16-7-9(8)10(15)3-2-5-11(12,13)14/h4,6-7,10H,2-3,5,15H2,1H3. The fourth-order valence-corrected chi connectivity index (χ4v) is 1.54. The van der Waals surface area contributed by atoms with E-state index in [1.54, 1.807) is 18.5 Å². The topological polar surface area (TPSA) is 38.9 Å². The van der Waals surface area contributed by atoms with Gasteiger partial charge >= 0.3 is 6.18 Å². The second-order valence-corrected chi connectivity index (χ2v) is 3.85. The lowest BCUT2D eigenvalue weighted by Gasteiger charge is -2.14. The SMILES string of the molecule is Cc1ccncc1C(N)CCCC(F)(F)F. The molecule has 0 aliphatic heterocycles. The second-order valence-electron chi connectivity index (χ2n) is 3.85. The summed E-state index contributed by atoms with van der Waals surface area (Å²) in [5, 5.41) is 0. The van der Waals surface area contributed by atoms with Gasteiger partial charge in [-0.1, -0.05) is 0 Å². The Morgan fingerprint density at radius 3 is 2.69 bits per heavy atom. The number of nitrogens with two attached hydrogens (primary N) is 1. The van der Waals surface area contributed by atoms with Gasteiger partial charge in [0, 0.05) is 24.9 Å². The van der Waals surface area contributed by atoms with Crippen molar-refractivity contribution in [1.29, 1.82) is 0 Å². The molecule has 1 unspecified atom stereocenters. The Kier molecular flexibility index (Phi) is 4.29. The second kappa shape index (κ2) is 5.30. The maximum atomic E-state index is 11.9. The number of rotatable bonds is 4. The molecule has 90 valence electrons. The van der Waals surface area contributed by atoms with Crippen LogP contribution in [0.25, 0.3) is 0 Å². The molecule has 0 aliphatic rings. The van der Waals surface area contributed by atoms with Crippen molar-refractivity contribution >= 4 is 0 Å². The van der Waals surface area contributed by atoms with Crippen LogP contribution in [0.2, 0.25) is 0 Å². The smallest absolute Gasteiger partial charge is 0.324 e. The van der Waals surface area contributed by atoms with Crippen molar-refractivity contribution in [1.82, 2.24) is 4.98 Å². The van der Waals surface area contributed by atoms with Crippen molar-refractivity contribution in [2.45, 2.75) is 38.4 Å². The molecule has 0 aliphatic carbocycles. The molecule has 0 aromatic carbocycles. The van der Waals surface area contributed by atoms with E-state index in [0.29, 0.717) is 6.42 Å². The van der Waals surface area contributed by atoms with E-state index in [-0.39, 0.29) is 12.5 Å². The van der Waals surface area contributed by atoms with E-state index in [4.69, 9.17) is 5.73 Å². The molecule has 1 aromatic rings. The Bertz CT molecular complexity index is 336. The van der Waals surface area contributed by atoms with Crippen LogP contribution in [0.15, 0.2) is 18.5 Å². The lowest BCUT2D eigenvalue weighted by molar-refractivity contribution is -0.135. The lowest BCUT2D eigenvalue weighted by Crippen LogP contribution is -2.14. The maximum absolute atomic E-state index is 11.9. The van der Waals surface area contributed by atoms with Gasteiger partial charge in [0.05, 0.1) is 0 Å². The lowest BCUT2D eigenvalue weighted by atomic mass is 10.00. The van der Waals surface area contributed by atoms with E-state index in [9.17, 15) is 13.2 Å².